The Kier molecular flexibility index (Phi) is 3.33. The zero-order chi connectivity index (χ0) is 15.3. The Morgan fingerprint density at radius 3 is 2.59 bits per heavy atom. The molecule has 2 aliphatic rings. The molecule has 3 heterocycles. The van der Waals surface area contributed by atoms with Gasteiger partial charge < -0.3 is 4.52 Å². The molecular formula is C19H24N2O. The summed E-state index contributed by atoms with van der Waals surface area (Å²) in [7, 11) is 2.28. The van der Waals surface area contributed by atoms with Gasteiger partial charge in [-0.3, -0.25) is 4.90 Å². The molecule has 0 spiro atoms. The summed E-state index contributed by atoms with van der Waals surface area (Å²) in [5.41, 5.74) is 3.77. The zero-order valence-electron chi connectivity index (χ0n) is 13.6. The number of hydrogen-bond acceptors (Lipinski definition) is 3. The standard InChI is InChI=1S/C19H24N2O/c1-12-4-6-14(7-5-12)16-11-15-8-9-17(21(15)3)19(16)18-10-13(2)20-22-18/h4-7,10,15-17,19H,8-9,11H2,1-3H3/t15?,16?,17?,19-/m0/s1. The molecule has 3 nitrogen and oxygen atoms in total. The highest BCUT2D eigenvalue weighted by Gasteiger charge is 2.47. The molecule has 4 rings (SSSR count). The summed E-state index contributed by atoms with van der Waals surface area (Å²) >= 11 is 0. The number of aryl methyl sites for hydroxylation is 2. The minimum absolute atomic E-state index is 0.424. The minimum Gasteiger partial charge on any atom is -0.361 e. The smallest absolute Gasteiger partial charge is 0.142 e. The first-order chi connectivity index (χ1) is 10.6. The summed E-state index contributed by atoms with van der Waals surface area (Å²) in [6.45, 7) is 4.16. The Labute approximate surface area is 132 Å². The Morgan fingerprint density at radius 2 is 1.91 bits per heavy atom. The van der Waals surface area contributed by atoms with Crippen LogP contribution in [0.2, 0.25) is 0 Å². The number of fused-ring (bicyclic) bond motifs is 2. The van der Waals surface area contributed by atoms with Gasteiger partial charge >= 0.3 is 0 Å². The molecule has 22 heavy (non-hydrogen) atoms. The minimum atomic E-state index is 0.424. The molecule has 1 aromatic heterocycles. The molecular weight excluding hydrogens is 272 g/mol. The van der Waals surface area contributed by atoms with E-state index in [1.165, 1.54) is 30.4 Å². The maximum absolute atomic E-state index is 5.70. The van der Waals surface area contributed by atoms with E-state index in [4.69, 9.17) is 4.52 Å². The van der Waals surface area contributed by atoms with Crippen molar-refractivity contribution >= 4 is 0 Å². The molecule has 0 radical (unpaired) electrons. The fourth-order valence-corrected chi connectivity index (χ4v) is 4.55. The Bertz CT molecular complexity index is 660. The third-order valence-corrected chi connectivity index (χ3v) is 5.75. The number of likely N-dealkylation sites (N-methyl/N-ethyl adjacent to an activating group) is 1. The Morgan fingerprint density at radius 1 is 1.14 bits per heavy atom. The van der Waals surface area contributed by atoms with Crippen molar-refractivity contribution in [3.8, 4) is 0 Å². The quantitative estimate of drug-likeness (QED) is 0.838. The molecule has 2 aliphatic heterocycles. The molecule has 0 saturated carbocycles. The predicted octanol–water partition coefficient (Wildman–Crippen LogP) is 4.03. The van der Waals surface area contributed by atoms with Crippen LogP contribution < -0.4 is 0 Å². The number of benzene rings is 1. The van der Waals surface area contributed by atoms with Crippen LogP contribution in [0.15, 0.2) is 34.9 Å². The molecule has 116 valence electrons. The largest absolute Gasteiger partial charge is 0.361 e. The van der Waals surface area contributed by atoms with Gasteiger partial charge in [0, 0.05) is 24.1 Å². The third kappa shape index (κ3) is 2.19. The maximum atomic E-state index is 5.70. The van der Waals surface area contributed by atoms with Crippen molar-refractivity contribution in [1.82, 2.24) is 10.1 Å². The maximum Gasteiger partial charge on any atom is 0.142 e. The van der Waals surface area contributed by atoms with Crippen LogP contribution in [0.3, 0.4) is 0 Å². The van der Waals surface area contributed by atoms with Crippen molar-refractivity contribution in [3.05, 3.63) is 52.9 Å². The van der Waals surface area contributed by atoms with Crippen molar-refractivity contribution in [1.29, 1.82) is 0 Å². The molecule has 2 bridgehead atoms. The van der Waals surface area contributed by atoms with Crippen LogP contribution in [0.5, 0.6) is 0 Å². The highest BCUT2D eigenvalue weighted by atomic mass is 16.5. The second-order valence-corrected chi connectivity index (χ2v) is 7.11. The fraction of sp³-hybridized carbons (Fsp3) is 0.526. The summed E-state index contributed by atoms with van der Waals surface area (Å²) in [6.07, 6.45) is 3.81. The average molecular weight is 296 g/mol. The average Bonchev–Trinajstić information content (AvgIpc) is 3.02. The highest BCUT2D eigenvalue weighted by molar-refractivity contribution is 5.31. The first kappa shape index (κ1) is 14.0. The van der Waals surface area contributed by atoms with Crippen molar-refractivity contribution < 1.29 is 4.52 Å². The zero-order valence-corrected chi connectivity index (χ0v) is 13.6. The third-order valence-electron chi connectivity index (χ3n) is 5.75. The number of rotatable bonds is 2. The summed E-state index contributed by atoms with van der Waals surface area (Å²) in [5.74, 6) is 2.04. The van der Waals surface area contributed by atoms with E-state index in [0.29, 0.717) is 17.9 Å². The molecule has 2 fully saturated rings. The topological polar surface area (TPSA) is 29.3 Å². The lowest BCUT2D eigenvalue weighted by Crippen LogP contribution is -2.44. The highest BCUT2D eigenvalue weighted by Crippen LogP contribution is 2.50. The summed E-state index contributed by atoms with van der Waals surface area (Å²) in [4.78, 5) is 2.58. The normalized spacial score (nSPS) is 31.6. The molecule has 4 atom stereocenters. The predicted molar refractivity (Wildman–Crippen MR) is 87.1 cm³/mol. The summed E-state index contributed by atoms with van der Waals surface area (Å²) in [5, 5.41) is 4.15. The van der Waals surface area contributed by atoms with Gasteiger partial charge in [-0.15, -0.1) is 0 Å². The van der Waals surface area contributed by atoms with Crippen LogP contribution in [-0.4, -0.2) is 29.2 Å². The van der Waals surface area contributed by atoms with Crippen LogP contribution in [-0.2, 0) is 0 Å². The summed E-state index contributed by atoms with van der Waals surface area (Å²) < 4.78 is 5.70. The van der Waals surface area contributed by atoms with E-state index in [1.54, 1.807) is 0 Å². The van der Waals surface area contributed by atoms with E-state index in [9.17, 15) is 0 Å². The van der Waals surface area contributed by atoms with E-state index < -0.39 is 0 Å². The van der Waals surface area contributed by atoms with Crippen molar-refractivity contribution in [2.24, 2.45) is 0 Å². The molecule has 0 aliphatic carbocycles. The number of aromatic nitrogens is 1. The van der Waals surface area contributed by atoms with E-state index >= 15 is 0 Å². The molecule has 0 amide bonds. The summed E-state index contributed by atoms with van der Waals surface area (Å²) in [6, 6.07) is 12.5. The molecule has 2 aromatic rings. The first-order valence-corrected chi connectivity index (χ1v) is 8.35. The Hall–Kier alpha value is -1.61. The monoisotopic (exact) mass is 296 g/mol. The van der Waals surface area contributed by atoms with Gasteiger partial charge in [0.25, 0.3) is 0 Å². The van der Waals surface area contributed by atoms with E-state index in [2.05, 4.69) is 54.4 Å². The van der Waals surface area contributed by atoms with Crippen molar-refractivity contribution in [2.45, 2.75) is 57.0 Å². The van der Waals surface area contributed by atoms with Crippen LogP contribution in [0.25, 0.3) is 0 Å². The van der Waals surface area contributed by atoms with Gasteiger partial charge in [0.05, 0.1) is 5.69 Å². The van der Waals surface area contributed by atoms with Crippen LogP contribution in [0.1, 0.15) is 53.7 Å². The molecule has 3 heteroatoms. The number of hydrogen-bond donors (Lipinski definition) is 0. The second-order valence-electron chi connectivity index (χ2n) is 7.11. The lowest BCUT2D eigenvalue weighted by atomic mass is 9.75. The fourth-order valence-electron chi connectivity index (χ4n) is 4.55. The van der Waals surface area contributed by atoms with Gasteiger partial charge in [0.15, 0.2) is 0 Å². The Balaban J connectivity index is 1.76. The lowest BCUT2D eigenvalue weighted by Gasteiger charge is -2.42. The van der Waals surface area contributed by atoms with E-state index in [-0.39, 0.29) is 0 Å². The molecule has 3 unspecified atom stereocenters. The van der Waals surface area contributed by atoms with Gasteiger partial charge in [0.1, 0.15) is 5.76 Å². The SMILES string of the molecule is Cc1ccc(C2CC3CCC([C@H]2c2cc(C)no2)N3C)cc1. The van der Waals surface area contributed by atoms with Gasteiger partial charge in [-0.05, 0) is 51.6 Å². The van der Waals surface area contributed by atoms with Gasteiger partial charge in [-0.25, -0.2) is 0 Å². The number of piperidine rings is 1. The van der Waals surface area contributed by atoms with Crippen LogP contribution in [0, 0.1) is 13.8 Å². The van der Waals surface area contributed by atoms with E-state index in [0.717, 1.165) is 17.5 Å². The van der Waals surface area contributed by atoms with Crippen LogP contribution in [0.4, 0.5) is 0 Å². The van der Waals surface area contributed by atoms with E-state index in [1.807, 2.05) is 6.92 Å². The molecule has 1 aromatic carbocycles. The van der Waals surface area contributed by atoms with Crippen molar-refractivity contribution in [2.75, 3.05) is 7.05 Å². The number of nitrogens with zero attached hydrogens (tertiary/aromatic N) is 2. The van der Waals surface area contributed by atoms with Gasteiger partial charge in [0.2, 0.25) is 0 Å². The second kappa shape index (κ2) is 5.24. The first-order valence-electron chi connectivity index (χ1n) is 8.35. The van der Waals surface area contributed by atoms with Crippen molar-refractivity contribution in [3.63, 3.8) is 0 Å². The molecule has 2 saturated heterocycles. The van der Waals surface area contributed by atoms with Crippen LogP contribution >= 0.6 is 0 Å². The van der Waals surface area contributed by atoms with Gasteiger partial charge in [-0.1, -0.05) is 35.0 Å². The lowest BCUT2D eigenvalue weighted by molar-refractivity contribution is 0.122. The van der Waals surface area contributed by atoms with Gasteiger partial charge in [-0.2, -0.15) is 0 Å². The molecule has 0 N–H and O–H groups in total.